The molecular weight excluding hydrogens is 280 g/mol. The van der Waals surface area contributed by atoms with Gasteiger partial charge in [0.05, 0.1) is 12.0 Å². The Hall–Kier alpha value is -1.52. The van der Waals surface area contributed by atoms with Crippen LogP contribution in [0.15, 0.2) is 12.2 Å². The second kappa shape index (κ2) is 10.2. The molecule has 0 rings (SSSR count). The Labute approximate surface area is 134 Å². The van der Waals surface area contributed by atoms with E-state index in [9.17, 15) is 9.59 Å². The van der Waals surface area contributed by atoms with Crippen molar-refractivity contribution in [3.63, 3.8) is 0 Å². The highest BCUT2D eigenvalue weighted by Crippen LogP contribution is 2.12. The summed E-state index contributed by atoms with van der Waals surface area (Å²) in [5, 5.41) is 2.82. The van der Waals surface area contributed by atoms with Crippen LogP contribution in [0.4, 0.5) is 4.79 Å². The first-order valence-electron chi connectivity index (χ1n) is 8.16. The van der Waals surface area contributed by atoms with Crippen molar-refractivity contribution < 1.29 is 14.3 Å². The number of carbonyl (C=O) groups is 2. The molecule has 0 bridgehead atoms. The van der Waals surface area contributed by atoms with Crippen molar-refractivity contribution in [3.05, 3.63) is 12.2 Å². The maximum Gasteiger partial charge on any atom is 0.408 e. The summed E-state index contributed by atoms with van der Waals surface area (Å²) in [6, 6.07) is -0.150. The fraction of sp³-hybridized carbons (Fsp3) is 0.765. The molecule has 0 fully saturated rings. The highest BCUT2D eigenvalue weighted by molar-refractivity contribution is 5.78. The van der Waals surface area contributed by atoms with Crippen molar-refractivity contribution in [2.75, 3.05) is 0 Å². The van der Waals surface area contributed by atoms with Crippen molar-refractivity contribution in [2.24, 2.45) is 11.7 Å². The molecule has 0 aromatic heterocycles. The lowest BCUT2D eigenvalue weighted by Crippen LogP contribution is -2.38. The Balaban J connectivity index is 4.69. The number of primary amides is 1. The van der Waals surface area contributed by atoms with Crippen LogP contribution in [-0.2, 0) is 9.53 Å². The van der Waals surface area contributed by atoms with E-state index >= 15 is 0 Å². The lowest BCUT2D eigenvalue weighted by molar-refractivity contribution is -0.120. The van der Waals surface area contributed by atoms with E-state index in [1.54, 1.807) is 0 Å². The number of amides is 2. The number of hydrogen-bond acceptors (Lipinski definition) is 3. The number of hydrogen-bond donors (Lipinski definition) is 2. The molecular formula is C17H32N2O3. The number of alkyl carbamates (subject to hydrolysis) is 1. The number of carbonyl (C=O) groups excluding carboxylic acids is 2. The Morgan fingerprint density at radius 2 is 1.77 bits per heavy atom. The standard InChI is InChI=1S/C17H32N2O3/c1-6-8-10-13(15(18)20)11-12-14(9-7-2)19-16(21)22-17(3,4)5/h11-14H,6-10H2,1-5H3,(H2,18,20)(H,19,21)/b12-11+/t13-,14+/m1/s1. The molecule has 0 saturated heterocycles. The van der Waals surface area contributed by atoms with Crippen molar-refractivity contribution in [1.29, 1.82) is 0 Å². The third-order valence-corrected chi connectivity index (χ3v) is 3.11. The Morgan fingerprint density at radius 1 is 1.14 bits per heavy atom. The van der Waals surface area contributed by atoms with Crippen molar-refractivity contribution in [2.45, 2.75) is 78.4 Å². The highest BCUT2D eigenvalue weighted by atomic mass is 16.6. The predicted octanol–water partition coefficient (Wildman–Crippen LogP) is 3.53. The van der Waals surface area contributed by atoms with Gasteiger partial charge in [0.1, 0.15) is 5.60 Å². The van der Waals surface area contributed by atoms with E-state index < -0.39 is 11.7 Å². The molecule has 5 heteroatoms. The van der Waals surface area contributed by atoms with E-state index in [1.165, 1.54) is 0 Å². The van der Waals surface area contributed by atoms with E-state index in [4.69, 9.17) is 10.5 Å². The molecule has 0 aliphatic heterocycles. The summed E-state index contributed by atoms with van der Waals surface area (Å²) in [5.41, 5.74) is 4.89. The van der Waals surface area contributed by atoms with Crippen LogP contribution in [0, 0.1) is 5.92 Å². The molecule has 0 radical (unpaired) electrons. The first kappa shape index (κ1) is 20.5. The fourth-order valence-corrected chi connectivity index (χ4v) is 2.01. The summed E-state index contributed by atoms with van der Waals surface area (Å²) in [4.78, 5) is 23.3. The summed E-state index contributed by atoms with van der Waals surface area (Å²) < 4.78 is 5.26. The number of nitrogens with two attached hydrogens (primary N) is 1. The summed E-state index contributed by atoms with van der Waals surface area (Å²) in [6.07, 6.45) is 7.65. The molecule has 0 aromatic carbocycles. The number of nitrogens with one attached hydrogen (secondary N) is 1. The lowest BCUT2D eigenvalue weighted by atomic mass is 9.99. The van der Waals surface area contributed by atoms with Gasteiger partial charge in [0.2, 0.25) is 5.91 Å². The van der Waals surface area contributed by atoms with Gasteiger partial charge in [-0.2, -0.15) is 0 Å². The van der Waals surface area contributed by atoms with Gasteiger partial charge in [0.25, 0.3) is 0 Å². The molecule has 5 nitrogen and oxygen atoms in total. The first-order valence-corrected chi connectivity index (χ1v) is 8.16. The van der Waals surface area contributed by atoms with Crippen LogP contribution in [0.3, 0.4) is 0 Å². The van der Waals surface area contributed by atoms with Crippen molar-refractivity contribution in [1.82, 2.24) is 5.32 Å². The average Bonchev–Trinajstić information content (AvgIpc) is 2.36. The van der Waals surface area contributed by atoms with Crippen LogP contribution < -0.4 is 11.1 Å². The summed E-state index contributed by atoms with van der Waals surface area (Å²) >= 11 is 0. The van der Waals surface area contributed by atoms with Gasteiger partial charge >= 0.3 is 6.09 Å². The van der Waals surface area contributed by atoms with Gasteiger partial charge in [-0.1, -0.05) is 45.3 Å². The van der Waals surface area contributed by atoms with Crippen LogP contribution in [0.2, 0.25) is 0 Å². The Morgan fingerprint density at radius 3 is 2.23 bits per heavy atom. The maximum atomic E-state index is 11.8. The molecule has 0 aliphatic carbocycles. The third-order valence-electron chi connectivity index (χ3n) is 3.11. The smallest absolute Gasteiger partial charge is 0.408 e. The van der Waals surface area contributed by atoms with Gasteiger partial charge in [0, 0.05) is 0 Å². The second-order valence-corrected chi connectivity index (χ2v) is 6.58. The van der Waals surface area contributed by atoms with Gasteiger partial charge in [-0.3, -0.25) is 4.79 Å². The largest absolute Gasteiger partial charge is 0.444 e. The molecule has 0 aliphatic rings. The lowest BCUT2D eigenvalue weighted by Gasteiger charge is -2.22. The number of ether oxygens (including phenoxy) is 1. The van der Waals surface area contributed by atoms with E-state index in [1.807, 2.05) is 39.8 Å². The summed E-state index contributed by atoms with van der Waals surface area (Å²) in [6.45, 7) is 9.59. The molecule has 22 heavy (non-hydrogen) atoms. The van der Waals surface area contributed by atoms with Gasteiger partial charge in [0.15, 0.2) is 0 Å². The topological polar surface area (TPSA) is 81.4 Å². The average molecular weight is 312 g/mol. The summed E-state index contributed by atoms with van der Waals surface area (Å²) in [7, 11) is 0. The normalized spacial score (nSPS) is 14.6. The molecule has 0 heterocycles. The fourth-order valence-electron chi connectivity index (χ4n) is 2.01. The molecule has 0 aromatic rings. The zero-order chi connectivity index (χ0) is 17.2. The zero-order valence-electron chi connectivity index (χ0n) is 14.6. The minimum Gasteiger partial charge on any atom is -0.444 e. The summed E-state index contributed by atoms with van der Waals surface area (Å²) in [5.74, 6) is -0.600. The second-order valence-electron chi connectivity index (χ2n) is 6.58. The quantitative estimate of drug-likeness (QED) is 0.639. The van der Waals surface area contributed by atoms with Gasteiger partial charge < -0.3 is 15.8 Å². The van der Waals surface area contributed by atoms with Gasteiger partial charge in [-0.25, -0.2) is 4.79 Å². The van der Waals surface area contributed by atoms with Gasteiger partial charge in [-0.05, 0) is 33.6 Å². The number of rotatable bonds is 9. The van der Waals surface area contributed by atoms with Crippen LogP contribution in [0.25, 0.3) is 0 Å². The molecule has 2 amide bonds. The molecule has 0 unspecified atom stereocenters. The van der Waals surface area contributed by atoms with E-state index in [-0.39, 0.29) is 17.9 Å². The van der Waals surface area contributed by atoms with E-state index in [0.717, 1.165) is 32.1 Å². The first-order chi connectivity index (χ1) is 10.2. The van der Waals surface area contributed by atoms with Gasteiger partial charge in [-0.15, -0.1) is 0 Å². The Kier molecular flexibility index (Phi) is 9.54. The highest BCUT2D eigenvalue weighted by Gasteiger charge is 2.18. The Bertz CT molecular complexity index is 373. The van der Waals surface area contributed by atoms with Crippen molar-refractivity contribution in [3.8, 4) is 0 Å². The number of unbranched alkanes of at least 4 members (excludes halogenated alkanes) is 1. The van der Waals surface area contributed by atoms with Crippen molar-refractivity contribution >= 4 is 12.0 Å². The minimum atomic E-state index is -0.526. The zero-order valence-corrected chi connectivity index (χ0v) is 14.6. The van der Waals surface area contributed by atoms with E-state index in [0.29, 0.717) is 0 Å². The molecule has 0 saturated carbocycles. The molecule has 0 spiro atoms. The van der Waals surface area contributed by atoms with Crippen LogP contribution >= 0.6 is 0 Å². The van der Waals surface area contributed by atoms with Crippen LogP contribution in [0.5, 0.6) is 0 Å². The minimum absolute atomic E-state index is 0.150. The predicted molar refractivity (Wildman–Crippen MR) is 89.4 cm³/mol. The molecule has 128 valence electrons. The third kappa shape index (κ3) is 10.2. The molecule has 3 N–H and O–H groups in total. The monoisotopic (exact) mass is 312 g/mol. The maximum absolute atomic E-state index is 11.8. The van der Waals surface area contributed by atoms with Crippen LogP contribution in [0.1, 0.15) is 66.7 Å². The molecule has 2 atom stereocenters. The van der Waals surface area contributed by atoms with Crippen LogP contribution in [-0.4, -0.2) is 23.6 Å². The van der Waals surface area contributed by atoms with E-state index in [2.05, 4.69) is 12.2 Å². The SMILES string of the molecule is CCCC[C@H](/C=C/[C@H](CCC)NC(=O)OC(C)(C)C)C(N)=O.